The predicted octanol–water partition coefficient (Wildman–Crippen LogP) is 2.93. The van der Waals surface area contributed by atoms with Gasteiger partial charge in [0, 0.05) is 6.42 Å². The van der Waals surface area contributed by atoms with Crippen LogP contribution in [0.3, 0.4) is 0 Å². The van der Waals surface area contributed by atoms with E-state index in [-0.39, 0.29) is 12.5 Å². The van der Waals surface area contributed by atoms with Gasteiger partial charge in [0.25, 0.3) is 0 Å². The first kappa shape index (κ1) is 14.8. The number of hydrogen-bond acceptors (Lipinski definition) is 2. The molecule has 1 rings (SSSR count). The standard InChI is InChI=1S/C13H14Cl2N2O/c1-2-3-4-8-16-9-12(18)17-13-10(14)6-5-7-11(13)15/h1,5-7,16H,3-4,8-9H2,(H,17,18). The van der Waals surface area contributed by atoms with Crippen molar-refractivity contribution >= 4 is 34.8 Å². The average molecular weight is 285 g/mol. The van der Waals surface area contributed by atoms with Crippen molar-refractivity contribution in [3.8, 4) is 12.3 Å². The molecule has 0 atom stereocenters. The zero-order chi connectivity index (χ0) is 13.4. The maximum atomic E-state index is 11.6. The van der Waals surface area contributed by atoms with Gasteiger partial charge in [-0.15, -0.1) is 12.3 Å². The largest absolute Gasteiger partial charge is 0.322 e. The molecule has 0 fully saturated rings. The highest BCUT2D eigenvalue weighted by molar-refractivity contribution is 6.39. The van der Waals surface area contributed by atoms with Crippen molar-refractivity contribution in [1.29, 1.82) is 0 Å². The van der Waals surface area contributed by atoms with Gasteiger partial charge in [0.2, 0.25) is 5.91 Å². The van der Waals surface area contributed by atoms with Gasteiger partial charge in [-0.25, -0.2) is 0 Å². The summed E-state index contributed by atoms with van der Waals surface area (Å²) < 4.78 is 0. The smallest absolute Gasteiger partial charge is 0.238 e. The number of carbonyl (C=O) groups is 1. The Morgan fingerprint density at radius 2 is 2.00 bits per heavy atom. The van der Waals surface area contributed by atoms with Gasteiger partial charge < -0.3 is 10.6 Å². The number of hydrogen-bond donors (Lipinski definition) is 2. The van der Waals surface area contributed by atoms with Crippen molar-refractivity contribution in [3.05, 3.63) is 28.2 Å². The minimum atomic E-state index is -0.189. The lowest BCUT2D eigenvalue weighted by molar-refractivity contribution is -0.115. The molecule has 96 valence electrons. The Hall–Kier alpha value is -1.21. The van der Waals surface area contributed by atoms with E-state index in [4.69, 9.17) is 29.6 Å². The summed E-state index contributed by atoms with van der Waals surface area (Å²) in [6.07, 6.45) is 6.66. The fourth-order valence-electron chi connectivity index (χ4n) is 1.32. The van der Waals surface area contributed by atoms with Gasteiger partial charge in [0.15, 0.2) is 0 Å². The van der Waals surface area contributed by atoms with Crippen molar-refractivity contribution in [2.45, 2.75) is 12.8 Å². The molecular weight excluding hydrogens is 271 g/mol. The Labute approximate surface area is 117 Å². The molecule has 0 saturated carbocycles. The summed E-state index contributed by atoms with van der Waals surface area (Å²) in [5.74, 6) is 2.35. The molecule has 0 aliphatic carbocycles. The lowest BCUT2D eigenvalue weighted by Gasteiger charge is -2.09. The molecule has 0 saturated heterocycles. The first-order chi connectivity index (χ1) is 8.65. The van der Waals surface area contributed by atoms with Gasteiger partial charge in [-0.1, -0.05) is 29.3 Å². The molecule has 0 bridgehead atoms. The van der Waals surface area contributed by atoms with Crippen molar-refractivity contribution in [3.63, 3.8) is 0 Å². The lowest BCUT2D eigenvalue weighted by atomic mass is 10.3. The van der Waals surface area contributed by atoms with Crippen LogP contribution >= 0.6 is 23.2 Å². The quantitative estimate of drug-likeness (QED) is 0.623. The van der Waals surface area contributed by atoms with Crippen molar-refractivity contribution in [2.24, 2.45) is 0 Å². The van der Waals surface area contributed by atoms with E-state index in [2.05, 4.69) is 16.6 Å². The molecule has 0 aromatic heterocycles. The molecule has 1 aromatic rings. The number of anilines is 1. The minimum Gasteiger partial charge on any atom is -0.322 e. The van der Waals surface area contributed by atoms with E-state index in [1.165, 1.54) is 0 Å². The highest BCUT2D eigenvalue weighted by atomic mass is 35.5. The van der Waals surface area contributed by atoms with Crippen LogP contribution in [0.2, 0.25) is 10.0 Å². The van der Waals surface area contributed by atoms with Crippen LogP contribution in [0.25, 0.3) is 0 Å². The van der Waals surface area contributed by atoms with E-state index in [9.17, 15) is 4.79 Å². The van der Waals surface area contributed by atoms with Crippen LogP contribution in [0, 0.1) is 12.3 Å². The number of amides is 1. The average Bonchev–Trinajstić information content (AvgIpc) is 2.34. The fraction of sp³-hybridized carbons (Fsp3) is 0.308. The minimum absolute atomic E-state index is 0.189. The molecule has 0 spiro atoms. The number of nitrogens with one attached hydrogen (secondary N) is 2. The number of para-hydroxylation sites is 1. The third-order valence-electron chi connectivity index (χ3n) is 2.19. The van der Waals surface area contributed by atoms with Crippen LogP contribution in [0.1, 0.15) is 12.8 Å². The molecule has 0 heterocycles. The van der Waals surface area contributed by atoms with E-state index < -0.39 is 0 Å². The first-order valence-electron chi connectivity index (χ1n) is 5.53. The van der Waals surface area contributed by atoms with Crippen molar-refractivity contribution in [2.75, 3.05) is 18.4 Å². The predicted molar refractivity (Wildman–Crippen MR) is 76.0 cm³/mol. The number of halogens is 2. The number of terminal acetylenes is 1. The second-order valence-electron chi connectivity index (χ2n) is 3.63. The highest BCUT2D eigenvalue weighted by Gasteiger charge is 2.08. The Bertz CT molecular complexity index is 435. The molecule has 2 N–H and O–H groups in total. The molecular formula is C13H14Cl2N2O. The normalized spacial score (nSPS) is 9.83. The molecule has 18 heavy (non-hydrogen) atoms. The summed E-state index contributed by atoms with van der Waals surface area (Å²) in [6, 6.07) is 5.06. The Morgan fingerprint density at radius 1 is 1.33 bits per heavy atom. The number of benzene rings is 1. The van der Waals surface area contributed by atoms with Gasteiger partial charge in [-0.2, -0.15) is 0 Å². The fourth-order valence-corrected chi connectivity index (χ4v) is 1.81. The highest BCUT2D eigenvalue weighted by Crippen LogP contribution is 2.29. The topological polar surface area (TPSA) is 41.1 Å². The van der Waals surface area contributed by atoms with Gasteiger partial charge in [0.05, 0.1) is 22.3 Å². The Kier molecular flexibility index (Phi) is 6.59. The second kappa shape index (κ2) is 7.99. The molecule has 0 radical (unpaired) electrons. The molecule has 1 amide bonds. The summed E-state index contributed by atoms with van der Waals surface area (Å²) in [5.41, 5.74) is 0.441. The van der Waals surface area contributed by atoms with Gasteiger partial charge in [-0.05, 0) is 25.1 Å². The monoisotopic (exact) mass is 284 g/mol. The van der Waals surface area contributed by atoms with Crippen molar-refractivity contribution < 1.29 is 4.79 Å². The van der Waals surface area contributed by atoms with E-state index in [1.807, 2.05) is 0 Å². The molecule has 0 aliphatic heterocycles. The van der Waals surface area contributed by atoms with Crippen LogP contribution in [-0.4, -0.2) is 19.0 Å². The van der Waals surface area contributed by atoms with Crippen LogP contribution < -0.4 is 10.6 Å². The molecule has 0 unspecified atom stereocenters. The number of unbranched alkanes of at least 4 members (excludes halogenated alkanes) is 1. The molecule has 0 aliphatic rings. The van der Waals surface area contributed by atoms with Crippen LogP contribution in [-0.2, 0) is 4.79 Å². The second-order valence-corrected chi connectivity index (χ2v) is 4.44. The number of rotatable bonds is 6. The molecule has 3 nitrogen and oxygen atoms in total. The third-order valence-corrected chi connectivity index (χ3v) is 2.82. The van der Waals surface area contributed by atoms with Gasteiger partial charge in [-0.3, -0.25) is 4.79 Å². The summed E-state index contributed by atoms with van der Waals surface area (Å²) >= 11 is 11.9. The van der Waals surface area contributed by atoms with E-state index in [0.717, 1.165) is 6.42 Å². The van der Waals surface area contributed by atoms with E-state index in [0.29, 0.717) is 28.7 Å². The van der Waals surface area contributed by atoms with Crippen LogP contribution in [0.15, 0.2) is 18.2 Å². The zero-order valence-electron chi connectivity index (χ0n) is 9.80. The summed E-state index contributed by atoms with van der Waals surface area (Å²) in [4.78, 5) is 11.6. The zero-order valence-corrected chi connectivity index (χ0v) is 11.3. The molecule has 1 aromatic carbocycles. The van der Waals surface area contributed by atoms with Gasteiger partial charge >= 0.3 is 0 Å². The molecule has 5 heteroatoms. The van der Waals surface area contributed by atoms with E-state index in [1.54, 1.807) is 18.2 Å². The van der Waals surface area contributed by atoms with Crippen LogP contribution in [0.4, 0.5) is 5.69 Å². The van der Waals surface area contributed by atoms with Crippen LogP contribution in [0.5, 0.6) is 0 Å². The first-order valence-corrected chi connectivity index (χ1v) is 6.28. The number of carbonyl (C=O) groups excluding carboxylic acids is 1. The summed E-state index contributed by atoms with van der Waals surface area (Å²) in [7, 11) is 0. The lowest BCUT2D eigenvalue weighted by Crippen LogP contribution is -2.28. The Balaban J connectivity index is 2.39. The SMILES string of the molecule is C#CCCCNCC(=O)Nc1c(Cl)cccc1Cl. The maximum absolute atomic E-state index is 11.6. The van der Waals surface area contributed by atoms with Gasteiger partial charge in [0.1, 0.15) is 0 Å². The summed E-state index contributed by atoms with van der Waals surface area (Å²) in [6.45, 7) is 0.903. The van der Waals surface area contributed by atoms with E-state index >= 15 is 0 Å². The third kappa shape index (κ3) is 4.97. The summed E-state index contributed by atoms with van der Waals surface area (Å²) in [5, 5.41) is 6.49. The van der Waals surface area contributed by atoms with Crippen molar-refractivity contribution in [1.82, 2.24) is 5.32 Å². The maximum Gasteiger partial charge on any atom is 0.238 e. The Morgan fingerprint density at radius 3 is 2.61 bits per heavy atom.